The van der Waals surface area contributed by atoms with Gasteiger partial charge in [0.1, 0.15) is 12.4 Å². The minimum atomic E-state index is -0.451. The molecule has 0 spiro atoms. The number of nitro benzene ring substituents is 1. The Balaban J connectivity index is 1.50. The van der Waals surface area contributed by atoms with Crippen LogP contribution < -0.4 is 19.8 Å². The summed E-state index contributed by atoms with van der Waals surface area (Å²) in [6.07, 6.45) is 6.86. The second kappa shape index (κ2) is 12.5. The molecule has 5 rings (SSSR count). The zero-order chi connectivity index (χ0) is 28.9. The summed E-state index contributed by atoms with van der Waals surface area (Å²) in [4.78, 5) is 29.2. The molecule has 11 heteroatoms. The predicted molar refractivity (Wildman–Crippen MR) is 159 cm³/mol. The third-order valence-corrected chi connectivity index (χ3v) is 7.61. The van der Waals surface area contributed by atoms with E-state index in [1.165, 1.54) is 37.4 Å². The highest BCUT2D eigenvalue weighted by molar-refractivity contribution is 9.10. The first-order chi connectivity index (χ1) is 19.9. The number of ether oxygens (including phenoxy) is 3. The molecule has 1 aliphatic carbocycles. The van der Waals surface area contributed by atoms with Crippen LogP contribution in [-0.2, 0) is 6.61 Å². The van der Waals surface area contributed by atoms with Gasteiger partial charge in [-0.25, -0.2) is 4.98 Å². The van der Waals surface area contributed by atoms with Gasteiger partial charge in [0, 0.05) is 28.1 Å². The molecule has 0 N–H and O–H groups in total. The highest BCUT2D eigenvalue weighted by atomic mass is 79.9. The molecule has 10 nitrogen and oxygen atoms in total. The number of halogens is 1. The first-order valence-corrected chi connectivity index (χ1v) is 14.1. The molecule has 0 radical (unpaired) electrons. The Kier molecular flexibility index (Phi) is 8.63. The maximum Gasteiger partial charge on any atom is 0.282 e. The highest BCUT2D eigenvalue weighted by Gasteiger charge is 2.23. The van der Waals surface area contributed by atoms with Gasteiger partial charge in [-0.3, -0.25) is 14.9 Å². The van der Waals surface area contributed by atoms with E-state index in [4.69, 9.17) is 19.2 Å². The molecule has 0 aliphatic heterocycles. The standard InChI is InChI=1S/C30H29BrN4O6/c1-39-26-14-20(15-27(40-2)28(26)41-18-19-7-6-10-23(13-19)35(37)38)17-32-34-29(21-8-4-3-5-9-21)33-25-12-11-22(31)16-24(25)30(34)36/h6-7,10-17,21H,3-5,8-9,18H2,1-2H3. The Hall–Kier alpha value is -4.25. The van der Waals surface area contributed by atoms with Crippen LogP contribution in [0.15, 0.2) is 69.0 Å². The number of methoxy groups -OCH3 is 2. The molecule has 1 saturated carbocycles. The van der Waals surface area contributed by atoms with Crippen molar-refractivity contribution in [2.45, 2.75) is 44.6 Å². The number of hydrogen-bond donors (Lipinski definition) is 0. The van der Waals surface area contributed by atoms with Crippen LogP contribution >= 0.6 is 15.9 Å². The monoisotopic (exact) mass is 620 g/mol. The lowest BCUT2D eigenvalue weighted by Crippen LogP contribution is -2.25. The van der Waals surface area contributed by atoms with E-state index in [0.29, 0.717) is 45.1 Å². The number of aromatic nitrogens is 2. The van der Waals surface area contributed by atoms with Gasteiger partial charge >= 0.3 is 0 Å². The molecular formula is C30H29BrN4O6. The Labute approximate surface area is 244 Å². The van der Waals surface area contributed by atoms with E-state index in [1.807, 2.05) is 12.1 Å². The van der Waals surface area contributed by atoms with Gasteiger partial charge in [-0.15, -0.1) is 0 Å². The lowest BCUT2D eigenvalue weighted by atomic mass is 9.88. The van der Waals surface area contributed by atoms with E-state index < -0.39 is 4.92 Å². The summed E-state index contributed by atoms with van der Waals surface area (Å²) in [6.45, 7) is 0.0697. The molecular weight excluding hydrogens is 592 g/mol. The van der Waals surface area contributed by atoms with Crippen molar-refractivity contribution in [3.8, 4) is 17.2 Å². The minimum Gasteiger partial charge on any atom is -0.493 e. The Morgan fingerprint density at radius 1 is 1.07 bits per heavy atom. The SMILES string of the molecule is COc1cc(C=Nn2c(C3CCCCC3)nc3ccc(Br)cc3c2=O)cc(OC)c1OCc1cccc([N+](=O)[O-])c1. The molecule has 1 aliphatic rings. The number of nitro groups is 1. The van der Waals surface area contributed by atoms with Crippen LogP contribution in [0.4, 0.5) is 5.69 Å². The van der Waals surface area contributed by atoms with Crippen molar-refractivity contribution in [2.24, 2.45) is 5.10 Å². The Morgan fingerprint density at radius 3 is 2.49 bits per heavy atom. The van der Waals surface area contributed by atoms with E-state index in [9.17, 15) is 14.9 Å². The van der Waals surface area contributed by atoms with Crippen LogP contribution in [0.5, 0.6) is 17.2 Å². The van der Waals surface area contributed by atoms with E-state index in [1.54, 1.807) is 36.5 Å². The molecule has 0 saturated heterocycles. The number of benzene rings is 3. The van der Waals surface area contributed by atoms with Crippen molar-refractivity contribution in [1.29, 1.82) is 0 Å². The first-order valence-electron chi connectivity index (χ1n) is 13.3. The molecule has 0 atom stereocenters. The zero-order valence-corrected chi connectivity index (χ0v) is 24.3. The fraction of sp³-hybridized carbons (Fsp3) is 0.300. The largest absolute Gasteiger partial charge is 0.493 e. The van der Waals surface area contributed by atoms with E-state index in [-0.39, 0.29) is 23.8 Å². The van der Waals surface area contributed by atoms with Gasteiger partial charge in [0.05, 0.1) is 36.3 Å². The van der Waals surface area contributed by atoms with Crippen LogP contribution in [-0.4, -0.2) is 35.0 Å². The maximum absolute atomic E-state index is 13.6. The highest BCUT2D eigenvalue weighted by Crippen LogP contribution is 2.39. The summed E-state index contributed by atoms with van der Waals surface area (Å²) in [5.41, 5.74) is 1.65. The lowest BCUT2D eigenvalue weighted by molar-refractivity contribution is -0.384. The number of nitrogens with zero attached hydrogens (tertiary/aromatic N) is 4. The summed E-state index contributed by atoms with van der Waals surface area (Å²) in [5.74, 6) is 1.93. The van der Waals surface area contributed by atoms with Gasteiger partial charge in [-0.05, 0) is 48.7 Å². The quantitative estimate of drug-likeness (QED) is 0.118. The summed E-state index contributed by atoms with van der Waals surface area (Å²) in [5, 5.41) is 16.2. The molecule has 4 aromatic rings. The second-order valence-electron chi connectivity index (χ2n) is 9.80. The maximum atomic E-state index is 13.6. The van der Waals surface area contributed by atoms with Gasteiger partial charge in [-0.1, -0.05) is 47.3 Å². The van der Waals surface area contributed by atoms with Crippen LogP contribution in [0.2, 0.25) is 0 Å². The topological polar surface area (TPSA) is 118 Å². The van der Waals surface area contributed by atoms with Crippen LogP contribution in [0.1, 0.15) is 55.0 Å². The van der Waals surface area contributed by atoms with Gasteiger partial charge in [-0.2, -0.15) is 9.78 Å². The Bertz CT molecular complexity index is 1650. The summed E-state index contributed by atoms with van der Waals surface area (Å²) >= 11 is 3.45. The number of rotatable bonds is 9. The second-order valence-corrected chi connectivity index (χ2v) is 10.7. The predicted octanol–water partition coefficient (Wildman–Crippen LogP) is 6.59. The molecule has 1 aromatic heterocycles. The van der Waals surface area contributed by atoms with Crippen molar-refractivity contribution >= 4 is 38.7 Å². The summed E-state index contributed by atoms with van der Waals surface area (Å²) < 4.78 is 19.4. The van der Waals surface area contributed by atoms with Crippen LogP contribution in [0.3, 0.4) is 0 Å². The number of hydrogen-bond acceptors (Lipinski definition) is 8. The van der Waals surface area contributed by atoms with Crippen molar-refractivity contribution in [3.63, 3.8) is 0 Å². The molecule has 1 fully saturated rings. The molecule has 0 amide bonds. The lowest BCUT2D eigenvalue weighted by Gasteiger charge is -2.22. The van der Waals surface area contributed by atoms with Crippen molar-refractivity contribution in [3.05, 3.63) is 96.5 Å². The number of fused-ring (bicyclic) bond motifs is 1. The van der Waals surface area contributed by atoms with E-state index in [0.717, 1.165) is 30.2 Å². The molecule has 0 unspecified atom stereocenters. The van der Waals surface area contributed by atoms with Crippen molar-refractivity contribution < 1.29 is 19.1 Å². The fourth-order valence-electron chi connectivity index (χ4n) is 5.06. The molecule has 0 bridgehead atoms. The third-order valence-electron chi connectivity index (χ3n) is 7.11. The average Bonchev–Trinajstić information content (AvgIpc) is 3.00. The summed E-state index contributed by atoms with van der Waals surface area (Å²) in [6, 6.07) is 15.2. The normalized spacial score (nSPS) is 13.9. The molecule has 41 heavy (non-hydrogen) atoms. The first kappa shape index (κ1) is 28.3. The number of non-ortho nitro benzene ring substituents is 1. The minimum absolute atomic E-state index is 0.0185. The van der Waals surface area contributed by atoms with Gasteiger partial charge in [0.2, 0.25) is 5.75 Å². The molecule has 212 valence electrons. The van der Waals surface area contributed by atoms with Crippen molar-refractivity contribution in [2.75, 3.05) is 14.2 Å². The van der Waals surface area contributed by atoms with E-state index >= 15 is 0 Å². The average molecular weight is 621 g/mol. The molecule has 1 heterocycles. The van der Waals surface area contributed by atoms with Gasteiger partial charge in [0.25, 0.3) is 11.2 Å². The molecule has 3 aromatic carbocycles. The van der Waals surface area contributed by atoms with Crippen LogP contribution in [0, 0.1) is 10.1 Å². The van der Waals surface area contributed by atoms with Crippen LogP contribution in [0.25, 0.3) is 10.9 Å². The summed E-state index contributed by atoms with van der Waals surface area (Å²) in [7, 11) is 3.01. The van der Waals surface area contributed by atoms with Gasteiger partial charge < -0.3 is 14.2 Å². The van der Waals surface area contributed by atoms with E-state index in [2.05, 4.69) is 21.0 Å². The van der Waals surface area contributed by atoms with Crippen molar-refractivity contribution in [1.82, 2.24) is 9.66 Å². The third kappa shape index (κ3) is 6.25. The fourth-order valence-corrected chi connectivity index (χ4v) is 5.42. The Morgan fingerprint density at radius 2 is 1.80 bits per heavy atom. The van der Waals surface area contributed by atoms with Gasteiger partial charge in [0.15, 0.2) is 11.5 Å². The zero-order valence-electron chi connectivity index (χ0n) is 22.7. The smallest absolute Gasteiger partial charge is 0.282 e.